The molecule has 2 aromatic carbocycles. The molecule has 0 saturated heterocycles. The van der Waals surface area contributed by atoms with Gasteiger partial charge >= 0.3 is 0 Å². The molecule has 2 rings (SSSR count). The van der Waals surface area contributed by atoms with Crippen molar-refractivity contribution >= 4 is 10.8 Å². The fourth-order valence-corrected chi connectivity index (χ4v) is 2.22. The summed E-state index contributed by atoms with van der Waals surface area (Å²) in [6.45, 7) is 3.74. The van der Waals surface area contributed by atoms with E-state index in [-0.39, 0.29) is 0 Å². The van der Waals surface area contributed by atoms with Crippen LogP contribution in [0.4, 0.5) is 0 Å². The van der Waals surface area contributed by atoms with Crippen LogP contribution in [0.25, 0.3) is 10.8 Å². The van der Waals surface area contributed by atoms with Crippen LogP contribution in [-0.4, -0.2) is 19.3 Å². The quantitative estimate of drug-likeness (QED) is 0.903. The molecule has 0 aliphatic carbocycles. The SMILES string of the molecule is COc1cc(C)c(OC)c2ccc(C(C)O)cc12. The summed E-state index contributed by atoms with van der Waals surface area (Å²) in [5.41, 5.74) is 1.90. The van der Waals surface area contributed by atoms with E-state index in [0.29, 0.717) is 0 Å². The molecule has 2 aromatic rings. The van der Waals surface area contributed by atoms with E-state index < -0.39 is 6.10 Å². The van der Waals surface area contributed by atoms with Gasteiger partial charge in [0.2, 0.25) is 0 Å². The number of aryl methyl sites for hydroxylation is 1. The number of fused-ring (bicyclic) bond motifs is 1. The summed E-state index contributed by atoms with van der Waals surface area (Å²) in [7, 11) is 3.31. The van der Waals surface area contributed by atoms with Gasteiger partial charge in [0.15, 0.2) is 0 Å². The first kappa shape index (κ1) is 12.7. The van der Waals surface area contributed by atoms with Crippen molar-refractivity contribution in [3.63, 3.8) is 0 Å². The number of hydrogen-bond donors (Lipinski definition) is 1. The van der Waals surface area contributed by atoms with Crippen LogP contribution in [0.15, 0.2) is 24.3 Å². The molecule has 0 radical (unpaired) electrons. The average Bonchev–Trinajstić information content (AvgIpc) is 2.37. The summed E-state index contributed by atoms with van der Waals surface area (Å²) in [4.78, 5) is 0. The molecule has 3 heteroatoms. The molecular formula is C15H18O3. The minimum atomic E-state index is -0.494. The molecule has 1 unspecified atom stereocenters. The van der Waals surface area contributed by atoms with Crippen LogP contribution in [-0.2, 0) is 0 Å². The van der Waals surface area contributed by atoms with Gasteiger partial charge in [-0.2, -0.15) is 0 Å². The van der Waals surface area contributed by atoms with Crippen molar-refractivity contribution in [3.05, 3.63) is 35.4 Å². The van der Waals surface area contributed by atoms with E-state index in [4.69, 9.17) is 9.47 Å². The van der Waals surface area contributed by atoms with E-state index in [1.54, 1.807) is 21.1 Å². The normalized spacial score (nSPS) is 12.5. The second kappa shape index (κ2) is 4.86. The van der Waals surface area contributed by atoms with E-state index in [1.807, 2.05) is 31.2 Å². The number of rotatable bonds is 3. The Morgan fingerprint density at radius 1 is 1.06 bits per heavy atom. The standard InChI is InChI=1S/C15H18O3/c1-9-7-14(17-3)13-8-11(10(2)16)5-6-12(13)15(9)18-4/h5-8,10,16H,1-4H3. The Hall–Kier alpha value is -1.74. The topological polar surface area (TPSA) is 38.7 Å². The van der Waals surface area contributed by atoms with E-state index in [9.17, 15) is 5.11 Å². The van der Waals surface area contributed by atoms with Crippen LogP contribution in [0.5, 0.6) is 11.5 Å². The molecule has 96 valence electrons. The van der Waals surface area contributed by atoms with Crippen LogP contribution in [0, 0.1) is 6.92 Å². The monoisotopic (exact) mass is 246 g/mol. The Morgan fingerprint density at radius 3 is 2.33 bits per heavy atom. The Morgan fingerprint density at radius 2 is 1.78 bits per heavy atom. The zero-order chi connectivity index (χ0) is 13.3. The maximum absolute atomic E-state index is 9.66. The highest BCUT2D eigenvalue weighted by Gasteiger charge is 2.12. The molecule has 0 amide bonds. The largest absolute Gasteiger partial charge is 0.496 e. The molecule has 18 heavy (non-hydrogen) atoms. The first-order valence-corrected chi connectivity index (χ1v) is 5.91. The molecule has 1 N–H and O–H groups in total. The molecule has 0 spiro atoms. The van der Waals surface area contributed by atoms with E-state index >= 15 is 0 Å². The zero-order valence-electron chi connectivity index (χ0n) is 11.2. The van der Waals surface area contributed by atoms with E-state index in [2.05, 4.69) is 0 Å². The number of hydrogen-bond acceptors (Lipinski definition) is 3. The highest BCUT2D eigenvalue weighted by molar-refractivity contribution is 5.95. The lowest BCUT2D eigenvalue weighted by atomic mass is 10.0. The maximum atomic E-state index is 9.66. The number of aliphatic hydroxyl groups is 1. The summed E-state index contributed by atoms with van der Waals surface area (Å²) >= 11 is 0. The highest BCUT2D eigenvalue weighted by Crippen LogP contribution is 2.37. The fraction of sp³-hybridized carbons (Fsp3) is 0.333. The van der Waals surface area contributed by atoms with Crippen molar-refractivity contribution in [2.45, 2.75) is 20.0 Å². The first-order chi connectivity index (χ1) is 8.58. The minimum absolute atomic E-state index is 0.494. The minimum Gasteiger partial charge on any atom is -0.496 e. The van der Waals surface area contributed by atoms with Crippen molar-refractivity contribution in [1.82, 2.24) is 0 Å². The fourth-order valence-electron chi connectivity index (χ4n) is 2.22. The predicted molar refractivity (Wildman–Crippen MR) is 72.4 cm³/mol. The van der Waals surface area contributed by atoms with Crippen LogP contribution in [0.2, 0.25) is 0 Å². The summed E-state index contributed by atoms with van der Waals surface area (Å²) < 4.78 is 10.8. The molecule has 3 nitrogen and oxygen atoms in total. The van der Waals surface area contributed by atoms with Gasteiger partial charge in [0.1, 0.15) is 11.5 Å². The number of benzene rings is 2. The average molecular weight is 246 g/mol. The van der Waals surface area contributed by atoms with Crippen molar-refractivity contribution in [3.8, 4) is 11.5 Å². The van der Waals surface area contributed by atoms with Crippen LogP contribution in [0.3, 0.4) is 0 Å². The van der Waals surface area contributed by atoms with E-state index in [1.165, 1.54) is 0 Å². The third-order valence-electron chi connectivity index (χ3n) is 3.17. The molecule has 0 saturated carbocycles. The molecule has 0 heterocycles. The molecule has 1 atom stereocenters. The zero-order valence-corrected chi connectivity index (χ0v) is 11.2. The first-order valence-electron chi connectivity index (χ1n) is 5.91. The Bertz CT molecular complexity index is 573. The molecule has 0 bridgehead atoms. The predicted octanol–water partition coefficient (Wildman–Crippen LogP) is 3.22. The van der Waals surface area contributed by atoms with Crippen molar-refractivity contribution in [2.24, 2.45) is 0 Å². The van der Waals surface area contributed by atoms with E-state index in [0.717, 1.165) is 33.4 Å². The van der Waals surface area contributed by atoms with Crippen LogP contribution in [0.1, 0.15) is 24.2 Å². The van der Waals surface area contributed by atoms with Crippen LogP contribution < -0.4 is 9.47 Å². The maximum Gasteiger partial charge on any atom is 0.129 e. The van der Waals surface area contributed by atoms with Gasteiger partial charge in [-0.05, 0) is 37.1 Å². The number of ether oxygens (including phenoxy) is 2. The van der Waals surface area contributed by atoms with Crippen molar-refractivity contribution in [2.75, 3.05) is 14.2 Å². The lowest BCUT2D eigenvalue weighted by Gasteiger charge is -2.14. The van der Waals surface area contributed by atoms with Gasteiger partial charge in [-0.15, -0.1) is 0 Å². The highest BCUT2D eigenvalue weighted by atomic mass is 16.5. The second-order valence-corrected chi connectivity index (χ2v) is 4.41. The van der Waals surface area contributed by atoms with Crippen LogP contribution >= 0.6 is 0 Å². The summed E-state index contributed by atoms with van der Waals surface area (Å²) in [6, 6.07) is 7.77. The molecular weight excluding hydrogens is 228 g/mol. The Kier molecular flexibility index (Phi) is 3.43. The summed E-state index contributed by atoms with van der Waals surface area (Å²) in [6.07, 6.45) is -0.494. The van der Waals surface area contributed by atoms with Crippen molar-refractivity contribution < 1.29 is 14.6 Å². The van der Waals surface area contributed by atoms with Gasteiger partial charge in [-0.3, -0.25) is 0 Å². The molecule has 0 aromatic heterocycles. The summed E-state index contributed by atoms with van der Waals surface area (Å²) in [5, 5.41) is 11.6. The van der Waals surface area contributed by atoms with Gasteiger partial charge in [0.05, 0.1) is 20.3 Å². The molecule has 0 aliphatic heterocycles. The summed E-state index contributed by atoms with van der Waals surface area (Å²) in [5.74, 6) is 1.65. The van der Waals surface area contributed by atoms with Gasteiger partial charge in [0, 0.05) is 10.8 Å². The smallest absolute Gasteiger partial charge is 0.129 e. The third-order valence-corrected chi connectivity index (χ3v) is 3.17. The van der Waals surface area contributed by atoms with Crippen molar-refractivity contribution in [1.29, 1.82) is 0 Å². The lowest BCUT2D eigenvalue weighted by Crippen LogP contribution is -1.95. The molecule has 0 fully saturated rings. The lowest BCUT2D eigenvalue weighted by molar-refractivity contribution is 0.199. The Labute approximate surface area is 107 Å². The Balaban J connectivity index is 2.80. The number of methoxy groups -OCH3 is 2. The van der Waals surface area contributed by atoms with Gasteiger partial charge < -0.3 is 14.6 Å². The van der Waals surface area contributed by atoms with Gasteiger partial charge in [0.25, 0.3) is 0 Å². The molecule has 0 aliphatic rings. The van der Waals surface area contributed by atoms with Gasteiger partial charge in [-0.1, -0.05) is 12.1 Å². The second-order valence-electron chi connectivity index (χ2n) is 4.41. The number of aliphatic hydroxyl groups excluding tert-OH is 1. The van der Waals surface area contributed by atoms with Gasteiger partial charge in [-0.25, -0.2) is 0 Å². The third kappa shape index (κ3) is 2.02.